The third-order valence-corrected chi connectivity index (χ3v) is 3.62. The molecule has 0 aliphatic carbocycles. The minimum atomic E-state index is -1.09. The zero-order chi connectivity index (χ0) is 15.3. The van der Waals surface area contributed by atoms with Gasteiger partial charge >= 0.3 is 5.97 Å². The van der Waals surface area contributed by atoms with Crippen LogP contribution in [-0.4, -0.2) is 35.5 Å². The first-order valence-electron chi connectivity index (χ1n) is 6.18. The molecule has 1 aromatic heterocycles. The van der Waals surface area contributed by atoms with E-state index in [1.165, 1.54) is 11.3 Å². The van der Waals surface area contributed by atoms with Crippen molar-refractivity contribution < 1.29 is 19.5 Å². The van der Waals surface area contributed by atoms with Crippen LogP contribution >= 0.6 is 11.3 Å². The third kappa shape index (κ3) is 4.65. The van der Waals surface area contributed by atoms with Gasteiger partial charge in [0.1, 0.15) is 6.04 Å². The highest BCUT2D eigenvalue weighted by Crippen LogP contribution is 2.14. The Morgan fingerprint density at radius 3 is 2.40 bits per heavy atom. The Kier molecular flexibility index (Phi) is 5.69. The Hall–Kier alpha value is -1.89. The summed E-state index contributed by atoms with van der Waals surface area (Å²) in [6.07, 6.45) is 0. The van der Waals surface area contributed by atoms with E-state index < -0.39 is 17.9 Å². The Morgan fingerprint density at radius 2 is 1.95 bits per heavy atom. The molecule has 2 amide bonds. The largest absolute Gasteiger partial charge is 0.480 e. The Bertz CT molecular complexity index is 510. The number of hydrogen-bond donors (Lipinski definition) is 3. The minimum absolute atomic E-state index is 0.230. The molecule has 3 N–H and O–H groups in total. The molecule has 0 aromatic carbocycles. The van der Waals surface area contributed by atoms with E-state index in [0.717, 1.165) is 4.88 Å². The number of rotatable bonds is 6. The highest BCUT2D eigenvalue weighted by atomic mass is 32.1. The molecule has 7 heteroatoms. The zero-order valence-electron chi connectivity index (χ0n) is 11.6. The number of nitrogens with one attached hydrogen (secondary N) is 2. The van der Waals surface area contributed by atoms with E-state index in [1.54, 1.807) is 19.9 Å². The zero-order valence-corrected chi connectivity index (χ0v) is 12.4. The molecule has 1 atom stereocenters. The quantitative estimate of drug-likeness (QED) is 0.730. The van der Waals surface area contributed by atoms with Crippen LogP contribution in [0.4, 0.5) is 0 Å². The third-order valence-electron chi connectivity index (χ3n) is 2.62. The predicted molar refractivity (Wildman–Crippen MR) is 75.8 cm³/mol. The lowest BCUT2D eigenvalue weighted by Gasteiger charge is -2.17. The van der Waals surface area contributed by atoms with Gasteiger partial charge in [0.25, 0.3) is 5.91 Å². The van der Waals surface area contributed by atoms with Crippen molar-refractivity contribution in [1.29, 1.82) is 0 Å². The van der Waals surface area contributed by atoms with Gasteiger partial charge < -0.3 is 15.7 Å². The molecule has 1 unspecified atom stereocenters. The van der Waals surface area contributed by atoms with Gasteiger partial charge in [0.15, 0.2) is 0 Å². The van der Waals surface area contributed by atoms with Crippen LogP contribution in [0.3, 0.4) is 0 Å². The molecule has 0 saturated heterocycles. The van der Waals surface area contributed by atoms with Gasteiger partial charge in [-0.2, -0.15) is 0 Å². The lowest BCUT2D eigenvalue weighted by atomic mass is 10.1. The summed E-state index contributed by atoms with van der Waals surface area (Å²) in [5.74, 6) is -2.18. The van der Waals surface area contributed by atoms with Crippen molar-refractivity contribution in [2.24, 2.45) is 5.92 Å². The van der Waals surface area contributed by atoms with Gasteiger partial charge in [0.2, 0.25) is 5.91 Å². The summed E-state index contributed by atoms with van der Waals surface area (Å²) in [4.78, 5) is 35.8. The monoisotopic (exact) mass is 298 g/mol. The topological polar surface area (TPSA) is 95.5 Å². The summed E-state index contributed by atoms with van der Waals surface area (Å²) in [7, 11) is 0. The first-order chi connectivity index (χ1) is 9.31. The van der Waals surface area contributed by atoms with E-state index in [9.17, 15) is 14.4 Å². The van der Waals surface area contributed by atoms with Gasteiger partial charge in [0, 0.05) is 4.88 Å². The fourth-order valence-electron chi connectivity index (χ4n) is 1.54. The van der Waals surface area contributed by atoms with E-state index in [0.29, 0.717) is 4.88 Å². The van der Waals surface area contributed by atoms with Crippen LogP contribution in [0.15, 0.2) is 12.1 Å². The summed E-state index contributed by atoms with van der Waals surface area (Å²) in [5.41, 5.74) is 0. The number of carbonyl (C=O) groups is 3. The predicted octanol–water partition coefficient (Wildman–Crippen LogP) is 1.01. The molecule has 1 heterocycles. The molecule has 6 nitrogen and oxygen atoms in total. The lowest BCUT2D eigenvalue weighted by molar-refractivity contribution is -0.142. The average molecular weight is 298 g/mol. The van der Waals surface area contributed by atoms with E-state index in [1.807, 2.05) is 13.0 Å². The fourth-order valence-corrected chi connectivity index (χ4v) is 2.33. The van der Waals surface area contributed by atoms with E-state index >= 15 is 0 Å². The van der Waals surface area contributed by atoms with Crippen LogP contribution in [0.5, 0.6) is 0 Å². The first kappa shape index (κ1) is 16.2. The minimum Gasteiger partial charge on any atom is -0.480 e. The van der Waals surface area contributed by atoms with Crippen LogP contribution in [0, 0.1) is 12.8 Å². The van der Waals surface area contributed by atoms with Crippen molar-refractivity contribution in [3.63, 3.8) is 0 Å². The highest BCUT2D eigenvalue weighted by Gasteiger charge is 2.23. The summed E-state index contributed by atoms with van der Waals surface area (Å²) in [6, 6.07) is 2.55. The molecule has 0 aliphatic heterocycles. The molecule has 0 radical (unpaired) electrons. The molecular weight excluding hydrogens is 280 g/mol. The molecule has 1 rings (SSSR count). The Balaban J connectivity index is 2.47. The highest BCUT2D eigenvalue weighted by molar-refractivity contribution is 7.13. The van der Waals surface area contributed by atoms with Crippen molar-refractivity contribution in [2.75, 3.05) is 6.54 Å². The van der Waals surface area contributed by atoms with E-state index in [-0.39, 0.29) is 18.4 Å². The summed E-state index contributed by atoms with van der Waals surface area (Å²) in [5, 5.41) is 13.8. The van der Waals surface area contributed by atoms with Gasteiger partial charge in [-0.3, -0.25) is 9.59 Å². The van der Waals surface area contributed by atoms with Crippen molar-refractivity contribution in [2.45, 2.75) is 26.8 Å². The van der Waals surface area contributed by atoms with Gasteiger partial charge in [-0.25, -0.2) is 4.79 Å². The molecule has 110 valence electrons. The second-order valence-corrected chi connectivity index (χ2v) is 6.01. The summed E-state index contributed by atoms with van der Waals surface area (Å²) >= 11 is 1.33. The molecule has 1 aromatic rings. The van der Waals surface area contributed by atoms with Crippen molar-refractivity contribution >= 4 is 29.1 Å². The Morgan fingerprint density at radius 1 is 1.30 bits per heavy atom. The number of thiophene rings is 1. The fraction of sp³-hybridized carbons (Fsp3) is 0.462. The van der Waals surface area contributed by atoms with Gasteiger partial charge in [-0.05, 0) is 25.0 Å². The van der Waals surface area contributed by atoms with E-state index in [2.05, 4.69) is 10.6 Å². The van der Waals surface area contributed by atoms with Crippen molar-refractivity contribution in [3.05, 3.63) is 21.9 Å². The SMILES string of the molecule is Cc1ccc(C(=O)NCC(=O)NC(C(=O)O)C(C)C)s1. The van der Waals surface area contributed by atoms with E-state index in [4.69, 9.17) is 5.11 Å². The number of aryl methyl sites for hydroxylation is 1. The van der Waals surface area contributed by atoms with Crippen LogP contribution in [0.1, 0.15) is 28.4 Å². The van der Waals surface area contributed by atoms with Gasteiger partial charge in [-0.15, -0.1) is 11.3 Å². The number of carboxylic acid groups (broad SMARTS) is 1. The second kappa shape index (κ2) is 7.04. The molecule has 0 spiro atoms. The number of amides is 2. The standard InChI is InChI=1S/C13H18N2O4S/c1-7(2)11(13(18)19)15-10(16)6-14-12(17)9-5-4-8(3)20-9/h4-5,7,11H,6H2,1-3H3,(H,14,17)(H,15,16)(H,18,19). The number of hydrogen-bond acceptors (Lipinski definition) is 4. The van der Waals surface area contributed by atoms with Crippen LogP contribution in [0.25, 0.3) is 0 Å². The molecule has 0 aliphatic rings. The summed E-state index contributed by atoms with van der Waals surface area (Å²) in [6.45, 7) is 5.04. The normalized spacial score (nSPS) is 12.0. The molecule has 0 bridgehead atoms. The smallest absolute Gasteiger partial charge is 0.326 e. The number of carboxylic acids is 1. The van der Waals surface area contributed by atoms with Gasteiger partial charge in [-0.1, -0.05) is 13.8 Å². The van der Waals surface area contributed by atoms with Crippen molar-refractivity contribution in [3.8, 4) is 0 Å². The van der Waals surface area contributed by atoms with Crippen LogP contribution < -0.4 is 10.6 Å². The first-order valence-corrected chi connectivity index (χ1v) is 6.99. The van der Waals surface area contributed by atoms with Gasteiger partial charge in [0.05, 0.1) is 11.4 Å². The second-order valence-electron chi connectivity index (χ2n) is 4.72. The van der Waals surface area contributed by atoms with Crippen LogP contribution in [-0.2, 0) is 9.59 Å². The Labute approximate surface area is 121 Å². The van der Waals surface area contributed by atoms with Crippen molar-refractivity contribution in [1.82, 2.24) is 10.6 Å². The number of aliphatic carboxylic acids is 1. The molecule has 20 heavy (non-hydrogen) atoms. The summed E-state index contributed by atoms with van der Waals surface area (Å²) < 4.78 is 0. The number of carbonyl (C=O) groups excluding carboxylic acids is 2. The lowest BCUT2D eigenvalue weighted by Crippen LogP contribution is -2.47. The molecular formula is C13H18N2O4S. The molecule has 0 fully saturated rings. The molecule has 0 saturated carbocycles. The van der Waals surface area contributed by atoms with Crippen LogP contribution in [0.2, 0.25) is 0 Å². The maximum Gasteiger partial charge on any atom is 0.326 e. The maximum atomic E-state index is 11.7. The average Bonchev–Trinajstić information content (AvgIpc) is 2.79. The maximum absolute atomic E-state index is 11.7.